The predicted octanol–water partition coefficient (Wildman–Crippen LogP) is -1.55. The number of aliphatic hydroxyl groups is 1. The van der Waals surface area contributed by atoms with Gasteiger partial charge in [-0.15, -0.1) is 0 Å². The average Bonchev–Trinajstić information content (AvgIpc) is 3.21. The fourth-order valence-electron chi connectivity index (χ4n) is 3.30. The first-order chi connectivity index (χ1) is 16.5. The Kier molecular flexibility index (Phi) is 9.73. The standard InChI is InChI=1S/C22H29N5O8/c1-11(23)19(31)26-16(8-12-9-24-14-5-3-2-4-13(12)14)21(33)25-15(6-7-18(29)30)20(32)27-17(10-28)22(34)35/h2-5,9,11,15-17,24,28H,6-8,10,23H2,1H3,(H,25,33)(H,26,31)(H,27,32)(H,29,30)(H,34,35). The molecule has 13 heteroatoms. The highest BCUT2D eigenvalue weighted by molar-refractivity contribution is 5.95. The third-order valence-corrected chi connectivity index (χ3v) is 5.22. The number of carboxylic acid groups (broad SMARTS) is 2. The maximum Gasteiger partial charge on any atom is 0.328 e. The number of H-pyrrole nitrogens is 1. The summed E-state index contributed by atoms with van der Waals surface area (Å²) in [4.78, 5) is 63.3. The van der Waals surface area contributed by atoms with Crippen LogP contribution in [0.25, 0.3) is 10.9 Å². The molecule has 0 fully saturated rings. The summed E-state index contributed by atoms with van der Waals surface area (Å²) in [6, 6.07) is 2.10. The summed E-state index contributed by atoms with van der Waals surface area (Å²) in [6.07, 6.45) is 0.840. The van der Waals surface area contributed by atoms with Gasteiger partial charge >= 0.3 is 11.9 Å². The highest BCUT2D eigenvalue weighted by Crippen LogP contribution is 2.19. The number of benzene rings is 1. The maximum atomic E-state index is 13.1. The number of aromatic amines is 1. The molecule has 0 radical (unpaired) electrons. The molecule has 4 atom stereocenters. The molecule has 190 valence electrons. The average molecular weight is 492 g/mol. The van der Waals surface area contributed by atoms with E-state index >= 15 is 0 Å². The number of carboxylic acids is 2. The van der Waals surface area contributed by atoms with Crippen LogP contribution in [0.15, 0.2) is 30.5 Å². The van der Waals surface area contributed by atoms with Gasteiger partial charge in [0.25, 0.3) is 0 Å². The number of nitrogens with two attached hydrogens (primary N) is 1. The smallest absolute Gasteiger partial charge is 0.328 e. The Hall–Kier alpha value is -3.97. The lowest BCUT2D eigenvalue weighted by atomic mass is 10.0. The highest BCUT2D eigenvalue weighted by atomic mass is 16.4. The summed E-state index contributed by atoms with van der Waals surface area (Å²) in [5.41, 5.74) is 7.12. The molecule has 1 aromatic carbocycles. The zero-order valence-electron chi connectivity index (χ0n) is 19.0. The van der Waals surface area contributed by atoms with E-state index in [1.807, 2.05) is 24.3 Å². The van der Waals surface area contributed by atoms with Crippen LogP contribution in [0.1, 0.15) is 25.3 Å². The Labute approximate surface area is 200 Å². The molecule has 2 aromatic rings. The summed E-state index contributed by atoms with van der Waals surface area (Å²) in [6.45, 7) is 0.522. The summed E-state index contributed by atoms with van der Waals surface area (Å²) < 4.78 is 0. The molecular formula is C22H29N5O8. The number of carbonyl (C=O) groups is 5. The van der Waals surface area contributed by atoms with Crippen LogP contribution in [0, 0.1) is 0 Å². The molecule has 3 amide bonds. The first-order valence-electron chi connectivity index (χ1n) is 10.8. The van der Waals surface area contributed by atoms with Crippen LogP contribution in [0.3, 0.4) is 0 Å². The van der Waals surface area contributed by atoms with Crippen molar-refractivity contribution < 1.29 is 39.3 Å². The first-order valence-corrected chi connectivity index (χ1v) is 10.8. The molecule has 1 heterocycles. The normalized spacial score (nSPS) is 14.4. The van der Waals surface area contributed by atoms with Crippen molar-refractivity contribution in [3.8, 4) is 0 Å². The number of hydrogen-bond donors (Lipinski definition) is 8. The van der Waals surface area contributed by atoms with Crippen LogP contribution in [0.2, 0.25) is 0 Å². The molecule has 0 spiro atoms. The van der Waals surface area contributed by atoms with E-state index in [2.05, 4.69) is 20.9 Å². The van der Waals surface area contributed by atoms with Crippen molar-refractivity contribution in [3.63, 3.8) is 0 Å². The van der Waals surface area contributed by atoms with Gasteiger partial charge in [-0.3, -0.25) is 19.2 Å². The molecule has 0 saturated heterocycles. The van der Waals surface area contributed by atoms with E-state index in [4.69, 9.17) is 21.1 Å². The Morgan fingerprint density at radius 3 is 2.14 bits per heavy atom. The molecule has 0 aliphatic carbocycles. The lowest BCUT2D eigenvalue weighted by Gasteiger charge is -2.24. The van der Waals surface area contributed by atoms with Crippen molar-refractivity contribution in [2.24, 2.45) is 5.73 Å². The Morgan fingerprint density at radius 1 is 0.943 bits per heavy atom. The summed E-state index contributed by atoms with van der Waals surface area (Å²) >= 11 is 0. The van der Waals surface area contributed by atoms with Gasteiger partial charge in [-0.1, -0.05) is 18.2 Å². The minimum atomic E-state index is -1.65. The van der Waals surface area contributed by atoms with E-state index in [9.17, 15) is 24.0 Å². The van der Waals surface area contributed by atoms with Crippen molar-refractivity contribution in [3.05, 3.63) is 36.0 Å². The number of carbonyl (C=O) groups excluding carboxylic acids is 3. The van der Waals surface area contributed by atoms with Crippen LogP contribution < -0.4 is 21.7 Å². The fourth-order valence-corrected chi connectivity index (χ4v) is 3.30. The minimum absolute atomic E-state index is 0.0238. The molecule has 0 saturated carbocycles. The van der Waals surface area contributed by atoms with Crippen LogP contribution in [-0.4, -0.2) is 80.7 Å². The number of aromatic nitrogens is 1. The van der Waals surface area contributed by atoms with E-state index in [0.717, 1.165) is 10.9 Å². The van der Waals surface area contributed by atoms with Gasteiger partial charge in [0.1, 0.15) is 18.1 Å². The zero-order valence-corrected chi connectivity index (χ0v) is 19.0. The van der Waals surface area contributed by atoms with Crippen molar-refractivity contribution in [2.45, 2.75) is 50.4 Å². The van der Waals surface area contributed by atoms with Gasteiger partial charge in [-0.05, 0) is 25.0 Å². The zero-order chi connectivity index (χ0) is 26.1. The second kappa shape index (κ2) is 12.5. The number of amides is 3. The number of para-hydroxylation sites is 1. The van der Waals surface area contributed by atoms with E-state index < -0.39 is 66.9 Å². The first kappa shape index (κ1) is 27.3. The quantitative estimate of drug-likeness (QED) is 0.162. The highest BCUT2D eigenvalue weighted by Gasteiger charge is 2.30. The molecule has 0 aliphatic heterocycles. The second-order valence-corrected chi connectivity index (χ2v) is 7.99. The van der Waals surface area contributed by atoms with E-state index in [1.165, 1.54) is 6.92 Å². The van der Waals surface area contributed by atoms with Crippen LogP contribution >= 0.6 is 0 Å². The molecular weight excluding hydrogens is 462 g/mol. The SMILES string of the molecule is CC(N)C(=O)NC(Cc1c[nH]c2ccccc12)C(=O)NC(CCC(=O)O)C(=O)NC(CO)C(=O)O. The minimum Gasteiger partial charge on any atom is -0.481 e. The van der Waals surface area contributed by atoms with Crippen molar-refractivity contribution in [2.75, 3.05) is 6.61 Å². The lowest BCUT2D eigenvalue weighted by Crippen LogP contribution is -2.57. The molecule has 13 nitrogen and oxygen atoms in total. The Bertz CT molecular complexity index is 1080. The van der Waals surface area contributed by atoms with Crippen molar-refractivity contribution >= 4 is 40.6 Å². The van der Waals surface area contributed by atoms with Gasteiger partial charge in [0.05, 0.1) is 12.6 Å². The lowest BCUT2D eigenvalue weighted by molar-refractivity contribution is -0.144. The van der Waals surface area contributed by atoms with E-state index in [0.29, 0.717) is 5.56 Å². The van der Waals surface area contributed by atoms with Gasteiger partial charge in [0, 0.05) is 29.9 Å². The van der Waals surface area contributed by atoms with Gasteiger partial charge in [-0.2, -0.15) is 0 Å². The van der Waals surface area contributed by atoms with Gasteiger partial charge in [-0.25, -0.2) is 4.79 Å². The van der Waals surface area contributed by atoms with E-state index in [-0.39, 0.29) is 12.8 Å². The van der Waals surface area contributed by atoms with E-state index in [1.54, 1.807) is 6.20 Å². The number of aliphatic carboxylic acids is 2. The number of fused-ring (bicyclic) bond motifs is 1. The van der Waals surface area contributed by atoms with Crippen LogP contribution in [0.5, 0.6) is 0 Å². The van der Waals surface area contributed by atoms with Crippen molar-refractivity contribution in [1.82, 2.24) is 20.9 Å². The Morgan fingerprint density at radius 2 is 1.54 bits per heavy atom. The summed E-state index contributed by atoms with van der Waals surface area (Å²) in [5, 5.41) is 35.0. The largest absolute Gasteiger partial charge is 0.481 e. The molecule has 0 aliphatic rings. The molecule has 9 N–H and O–H groups in total. The number of hydrogen-bond acceptors (Lipinski definition) is 7. The molecule has 2 rings (SSSR count). The number of aliphatic hydroxyl groups excluding tert-OH is 1. The molecule has 4 unspecified atom stereocenters. The molecule has 0 bridgehead atoms. The summed E-state index contributed by atoms with van der Waals surface area (Å²) in [7, 11) is 0. The second-order valence-electron chi connectivity index (χ2n) is 7.99. The topological polar surface area (TPSA) is 224 Å². The van der Waals surface area contributed by atoms with Crippen molar-refractivity contribution in [1.29, 1.82) is 0 Å². The van der Waals surface area contributed by atoms with Gasteiger partial charge in [0.2, 0.25) is 17.7 Å². The third kappa shape index (κ3) is 7.79. The fraction of sp³-hybridized carbons (Fsp3) is 0.409. The maximum absolute atomic E-state index is 13.1. The van der Waals surface area contributed by atoms with Crippen LogP contribution in [-0.2, 0) is 30.4 Å². The van der Waals surface area contributed by atoms with Gasteiger partial charge in [0.15, 0.2) is 0 Å². The summed E-state index contributed by atoms with van der Waals surface area (Å²) in [5.74, 6) is -5.17. The monoisotopic (exact) mass is 491 g/mol. The predicted molar refractivity (Wildman–Crippen MR) is 123 cm³/mol. The molecule has 1 aromatic heterocycles. The molecule has 35 heavy (non-hydrogen) atoms. The Balaban J connectivity index is 2.27. The third-order valence-electron chi connectivity index (χ3n) is 5.22. The number of nitrogens with one attached hydrogen (secondary N) is 4. The van der Waals surface area contributed by atoms with Gasteiger partial charge < -0.3 is 42.0 Å². The number of rotatable bonds is 13. The van der Waals surface area contributed by atoms with Crippen LogP contribution in [0.4, 0.5) is 0 Å².